The van der Waals surface area contributed by atoms with Gasteiger partial charge in [0.05, 0.1) is 18.9 Å². The van der Waals surface area contributed by atoms with Crippen LogP contribution < -0.4 is 4.74 Å². The SMILES string of the molecule is CCOc1ccc(N=CC2COC[C@@H](C)C2)cc1. The van der Waals surface area contributed by atoms with E-state index in [9.17, 15) is 0 Å². The van der Waals surface area contributed by atoms with Crippen molar-refractivity contribution in [3.63, 3.8) is 0 Å². The number of aliphatic imine (C=N–C) groups is 1. The summed E-state index contributed by atoms with van der Waals surface area (Å²) in [6.45, 7) is 6.57. The fourth-order valence-corrected chi connectivity index (χ4v) is 2.16. The van der Waals surface area contributed by atoms with E-state index in [4.69, 9.17) is 9.47 Å². The molecule has 0 radical (unpaired) electrons. The van der Waals surface area contributed by atoms with Crippen molar-refractivity contribution in [2.24, 2.45) is 16.8 Å². The summed E-state index contributed by atoms with van der Waals surface area (Å²) in [5, 5.41) is 0. The summed E-state index contributed by atoms with van der Waals surface area (Å²) in [4.78, 5) is 4.51. The van der Waals surface area contributed by atoms with E-state index in [-0.39, 0.29) is 0 Å². The lowest BCUT2D eigenvalue weighted by molar-refractivity contribution is 0.0434. The van der Waals surface area contributed by atoms with Gasteiger partial charge >= 0.3 is 0 Å². The fraction of sp³-hybridized carbons (Fsp3) is 0.533. The minimum Gasteiger partial charge on any atom is -0.494 e. The Hall–Kier alpha value is -1.35. The van der Waals surface area contributed by atoms with Crippen LogP contribution in [-0.2, 0) is 4.74 Å². The number of rotatable bonds is 4. The van der Waals surface area contributed by atoms with E-state index >= 15 is 0 Å². The molecule has 1 aliphatic rings. The van der Waals surface area contributed by atoms with Gasteiger partial charge in [0.15, 0.2) is 0 Å². The monoisotopic (exact) mass is 247 g/mol. The molecule has 1 unspecified atom stereocenters. The maximum absolute atomic E-state index is 5.52. The van der Waals surface area contributed by atoms with Crippen molar-refractivity contribution in [1.29, 1.82) is 0 Å². The number of hydrogen-bond acceptors (Lipinski definition) is 3. The highest BCUT2D eigenvalue weighted by Crippen LogP contribution is 2.21. The Bertz CT molecular complexity index is 386. The van der Waals surface area contributed by atoms with Crippen molar-refractivity contribution in [3.05, 3.63) is 24.3 Å². The Morgan fingerprint density at radius 1 is 1.33 bits per heavy atom. The van der Waals surface area contributed by atoms with Crippen LogP contribution in [0.1, 0.15) is 20.3 Å². The van der Waals surface area contributed by atoms with E-state index in [2.05, 4.69) is 11.9 Å². The predicted octanol–water partition coefficient (Wildman–Crippen LogP) is 3.46. The zero-order valence-electron chi connectivity index (χ0n) is 11.1. The molecular formula is C15H21NO2. The molecule has 0 saturated carbocycles. The summed E-state index contributed by atoms with van der Waals surface area (Å²) in [5.74, 6) is 1.97. The van der Waals surface area contributed by atoms with Gasteiger partial charge in [0.1, 0.15) is 5.75 Å². The van der Waals surface area contributed by atoms with Crippen molar-refractivity contribution in [2.45, 2.75) is 20.3 Å². The molecule has 0 N–H and O–H groups in total. The normalized spacial score (nSPS) is 24.3. The topological polar surface area (TPSA) is 30.8 Å². The van der Waals surface area contributed by atoms with Crippen LogP contribution in [0.5, 0.6) is 5.75 Å². The Kier molecular flexibility index (Phi) is 4.76. The molecule has 0 aliphatic carbocycles. The fourth-order valence-electron chi connectivity index (χ4n) is 2.16. The van der Waals surface area contributed by atoms with Gasteiger partial charge < -0.3 is 9.47 Å². The zero-order chi connectivity index (χ0) is 12.8. The minimum atomic E-state index is 0.445. The summed E-state index contributed by atoms with van der Waals surface area (Å²) in [6, 6.07) is 7.87. The number of nitrogens with zero attached hydrogens (tertiary/aromatic N) is 1. The molecule has 0 spiro atoms. The molecule has 3 nitrogen and oxygen atoms in total. The molecule has 0 aromatic heterocycles. The molecule has 1 heterocycles. The average Bonchev–Trinajstić information content (AvgIpc) is 2.38. The van der Waals surface area contributed by atoms with Gasteiger partial charge in [-0.25, -0.2) is 0 Å². The summed E-state index contributed by atoms with van der Waals surface area (Å²) in [5.41, 5.74) is 0.969. The first kappa shape index (κ1) is 13.1. The summed E-state index contributed by atoms with van der Waals surface area (Å²) >= 11 is 0. The Morgan fingerprint density at radius 3 is 2.78 bits per heavy atom. The lowest BCUT2D eigenvalue weighted by Gasteiger charge is -2.23. The standard InChI is InChI=1S/C15H21NO2/c1-3-18-15-6-4-14(5-7-15)16-9-13-8-12(2)10-17-11-13/h4-7,9,12-13H,3,8,10-11H2,1-2H3/t12-,13?/m0/s1. The molecule has 1 aromatic rings. The van der Waals surface area contributed by atoms with Crippen LogP contribution >= 0.6 is 0 Å². The van der Waals surface area contributed by atoms with Crippen LogP contribution in [-0.4, -0.2) is 26.0 Å². The van der Waals surface area contributed by atoms with Crippen molar-refractivity contribution in [3.8, 4) is 5.75 Å². The lowest BCUT2D eigenvalue weighted by Crippen LogP contribution is -2.24. The molecule has 2 rings (SSSR count). The average molecular weight is 247 g/mol. The summed E-state index contributed by atoms with van der Waals surface area (Å²) in [6.07, 6.45) is 3.19. The maximum Gasteiger partial charge on any atom is 0.119 e. The van der Waals surface area contributed by atoms with Gasteiger partial charge in [0, 0.05) is 18.7 Å². The Balaban J connectivity index is 1.91. The molecule has 0 amide bonds. The van der Waals surface area contributed by atoms with Crippen molar-refractivity contribution in [1.82, 2.24) is 0 Å². The minimum absolute atomic E-state index is 0.445. The quantitative estimate of drug-likeness (QED) is 0.763. The third-order valence-electron chi connectivity index (χ3n) is 3.02. The van der Waals surface area contributed by atoms with Crippen LogP contribution in [0, 0.1) is 11.8 Å². The highest BCUT2D eigenvalue weighted by atomic mass is 16.5. The van der Waals surface area contributed by atoms with E-state index in [1.54, 1.807) is 0 Å². The molecular weight excluding hydrogens is 226 g/mol. The highest BCUT2D eigenvalue weighted by Gasteiger charge is 2.17. The molecule has 1 aromatic carbocycles. The van der Waals surface area contributed by atoms with Crippen LogP contribution in [0.15, 0.2) is 29.3 Å². The molecule has 2 atom stereocenters. The number of ether oxygens (including phenoxy) is 2. The highest BCUT2D eigenvalue weighted by molar-refractivity contribution is 5.66. The maximum atomic E-state index is 5.52. The van der Waals surface area contributed by atoms with Crippen molar-refractivity contribution in [2.75, 3.05) is 19.8 Å². The molecule has 1 saturated heterocycles. The lowest BCUT2D eigenvalue weighted by atomic mass is 9.95. The Labute approximate surface area is 109 Å². The summed E-state index contributed by atoms with van der Waals surface area (Å²) in [7, 11) is 0. The van der Waals surface area contributed by atoms with Crippen molar-refractivity contribution < 1.29 is 9.47 Å². The van der Waals surface area contributed by atoms with Crippen LogP contribution in [0.25, 0.3) is 0 Å². The second kappa shape index (κ2) is 6.55. The van der Waals surface area contributed by atoms with Crippen LogP contribution in [0.3, 0.4) is 0 Å². The first-order valence-corrected chi connectivity index (χ1v) is 6.62. The molecule has 3 heteroatoms. The number of hydrogen-bond donors (Lipinski definition) is 0. The van der Waals surface area contributed by atoms with E-state index in [0.717, 1.165) is 24.7 Å². The van der Waals surface area contributed by atoms with E-state index < -0.39 is 0 Å². The predicted molar refractivity (Wildman–Crippen MR) is 73.9 cm³/mol. The van der Waals surface area contributed by atoms with E-state index in [1.165, 1.54) is 6.42 Å². The second-order valence-electron chi connectivity index (χ2n) is 4.84. The van der Waals surface area contributed by atoms with Gasteiger partial charge in [-0.1, -0.05) is 6.92 Å². The molecule has 0 bridgehead atoms. The van der Waals surface area contributed by atoms with E-state index in [0.29, 0.717) is 18.4 Å². The van der Waals surface area contributed by atoms with E-state index in [1.807, 2.05) is 37.4 Å². The second-order valence-corrected chi connectivity index (χ2v) is 4.84. The van der Waals surface area contributed by atoms with Crippen LogP contribution in [0.4, 0.5) is 5.69 Å². The third-order valence-corrected chi connectivity index (χ3v) is 3.02. The Morgan fingerprint density at radius 2 is 2.11 bits per heavy atom. The first-order valence-electron chi connectivity index (χ1n) is 6.62. The third kappa shape index (κ3) is 3.84. The van der Waals surface area contributed by atoms with Crippen LogP contribution in [0.2, 0.25) is 0 Å². The molecule has 1 fully saturated rings. The van der Waals surface area contributed by atoms with Crippen molar-refractivity contribution >= 4 is 11.9 Å². The molecule has 98 valence electrons. The number of benzene rings is 1. The van der Waals surface area contributed by atoms with Gasteiger partial charge in [0.2, 0.25) is 0 Å². The van der Waals surface area contributed by atoms with Gasteiger partial charge in [-0.05, 0) is 43.5 Å². The smallest absolute Gasteiger partial charge is 0.119 e. The summed E-state index contributed by atoms with van der Waals surface area (Å²) < 4.78 is 10.9. The van der Waals surface area contributed by atoms with Gasteiger partial charge in [-0.2, -0.15) is 0 Å². The largest absolute Gasteiger partial charge is 0.494 e. The molecule has 1 aliphatic heterocycles. The van der Waals surface area contributed by atoms with Gasteiger partial charge in [-0.15, -0.1) is 0 Å². The first-order chi connectivity index (χ1) is 8.78. The zero-order valence-corrected chi connectivity index (χ0v) is 11.1. The van der Waals surface area contributed by atoms with Gasteiger partial charge in [0.25, 0.3) is 0 Å². The molecule has 18 heavy (non-hydrogen) atoms. The van der Waals surface area contributed by atoms with Gasteiger partial charge in [-0.3, -0.25) is 4.99 Å².